The molecule has 0 aromatic carbocycles. The van der Waals surface area contributed by atoms with Crippen molar-refractivity contribution in [2.45, 2.75) is 5.54 Å². The molecule has 7 nitrogen and oxygen atoms in total. The van der Waals surface area contributed by atoms with Crippen molar-refractivity contribution < 1.29 is 27.9 Å². The Balaban J connectivity index is 3.82. The van der Waals surface area contributed by atoms with Crippen LogP contribution >= 0.6 is 0 Å². The normalized spacial score (nSPS) is 12.3. The van der Waals surface area contributed by atoms with E-state index in [1.165, 1.54) is 0 Å². The summed E-state index contributed by atoms with van der Waals surface area (Å²) < 4.78 is 24.2. The van der Waals surface area contributed by atoms with E-state index >= 15 is 0 Å². The molecular weight excluding hydrogens is 214 g/mol. The summed E-state index contributed by atoms with van der Waals surface area (Å²) in [7, 11) is -2.89. The zero-order valence-corrected chi connectivity index (χ0v) is 8.44. The van der Waals surface area contributed by atoms with E-state index in [0.29, 0.717) is 0 Å². The minimum absolute atomic E-state index is 0.102. The highest BCUT2D eigenvalue weighted by Gasteiger charge is 2.26. The van der Waals surface area contributed by atoms with Crippen molar-refractivity contribution in [1.29, 1.82) is 0 Å². The third-order valence-electron chi connectivity index (χ3n) is 1.71. The third-order valence-corrected chi connectivity index (χ3v) is 2.10. The lowest BCUT2D eigenvalue weighted by Gasteiger charge is -2.28. The number of rotatable bonds is 8. The van der Waals surface area contributed by atoms with Gasteiger partial charge in [-0.05, 0) is 0 Å². The second-order valence-electron chi connectivity index (χ2n) is 2.74. The molecule has 0 fully saturated rings. The summed E-state index contributed by atoms with van der Waals surface area (Å²) in [5, 5.41) is 29.1. The van der Waals surface area contributed by atoms with Gasteiger partial charge < -0.3 is 20.6 Å². The largest absolute Gasteiger partial charge is 0.394 e. The van der Waals surface area contributed by atoms with Gasteiger partial charge in [-0.15, -0.1) is 0 Å². The summed E-state index contributed by atoms with van der Waals surface area (Å²) in [5.41, 5.74) is -1.20. The molecule has 0 aromatic heterocycles. The first-order valence-corrected chi connectivity index (χ1v) is 5.04. The second kappa shape index (κ2) is 7.10. The van der Waals surface area contributed by atoms with E-state index in [1.54, 1.807) is 0 Å². The van der Waals surface area contributed by atoms with Crippen LogP contribution in [0, 0.1) is 0 Å². The second-order valence-corrected chi connectivity index (χ2v) is 3.44. The fourth-order valence-corrected chi connectivity index (χ4v) is 0.994. The van der Waals surface area contributed by atoms with Crippen molar-refractivity contribution in [2.75, 3.05) is 33.0 Å². The van der Waals surface area contributed by atoms with Crippen molar-refractivity contribution >= 4 is 11.0 Å². The Hall–Kier alpha value is -0.250. The Bertz CT molecular complexity index is 198. The predicted molar refractivity (Wildman–Crippen MR) is 48.3 cm³/mol. The van der Waals surface area contributed by atoms with E-state index in [2.05, 4.69) is 9.50 Å². The molecule has 0 aromatic rings. The summed E-state index contributed by atoms with van der Waals surface area (Å²) in [6.45, 7) is -1.37. The van der Waals surface area contributed by atoms with Gasteiger partial charge >= 0.3 is 0 Å². The van der Waals surface area contributed by atoms with Gasteiger partial charge in [0.1, 0.15) is 0 Å². The van der Waals surface area contributed by atoms with Gasteiger partial charge in [-0.1, -0.05) is 0 Å². The molecule has 0 rings (SSSR count). The molecule has 0 aliphatic carbocycles. The molecular formula is C6H15NO6S. The van der Waals surface area contributed by atoms with E-state index in [0.717, 1.165) is 0 Å². The number of aliphatic hydroxyl groups is 3. The molecule has 0 bridgehead atoms. The average molecular weight is 229 g/mol. The minimum atomic E-state index is -2.89. The lowest BCUT2D eigenvalue weighted by atomic mass is 10.0. The van der Waals surface area contributed by atoms with Crippen LogP contribution in [0.4, 0.5) is 0 Å². The van der Waals surface area contributed by atoms with Crippen LogP contribution < -0.4 is 5.32 Å². The van der Waals surface area contributed by atoms with Gasteiger partial charge in [0, 0.05) is 6.54 Å². The molecule has 0 radical (unpaired) electrons. The van der Waals surface area contributed by atoms with Crippen LogP contribution in [0.25, 0.3) is 0 Å². The van der Waals surface area contributed by atoms with Crippen LogP contribution in [0.3, 0.4) is 0 Å². The topological polar surface area (TPSA) is 116 Å². The van der Waals surface area contributed by atoms with Crippen molar-refractivity contribution in [3.63, 3.8) is 0 Å². The molecule has 8 heteroatoms. The van der Waals surface area contributed by atoms with Gasteiger partial charge in [-0.25, -0.2) is 8.42 Å². The van der Waals surface area contributed by atoms with Gasteiger partial charge in [0.15, 0.2) is 0 Å². The van der Waals surface area contributed by atoms with Crippen LogP contribution in [0.2, 0.25) is 0 Å². The predicted octanol–water partition coefficient (Wildman–Crippen LogP) is -3.17. The Morgan fingerprint density at radius 3 is 2.00 bits per heavy atom. The number of hydrogen-bond donors (Lipinski definition) is 5. The molecule has 14 heavy (non-hydrogen) atoms. The maximum absolute atomic E-state index is 9.97. The van der Waals surface area contributed by atoms with Crippen LogP contribution in [-0.4, -0.2) is 62.2 Å². The van der Waals surface area contributed by atoms with Crippen LogP contribution in [0.1, 0.15) is 0 Å². The summed E-state index contributed by atoms with van der Waals surface area (Å²) in [5.74, 6) is 0. The van der Waals surface area contributed by atoms with Crippen molar-refractivity contribution in [1.82, 2.24) is 5.32 Å². The van der Waals surface area contributed by atoms with Gasteiger partial charge in [-0.2, -0.15) is 0 Å². The van der Waals surface area contributed by atoms with E-state index in [1.807, 2.05) is 0 Å². The monoisotopic (exact) mass is 229 g/mol. The quantitative estimate of drug-likeness (QED) is 0.220. The fraction of sp³-hybridized carbons (Fsp3) is 1.00. The number of thiol groups is 1. The first kappa shape index (κ1) is 13.8. The Labute approximate surface area is 83.5 Å². The number of nitrogens with one attached hydrogen (secondary N) is 1. The molecule has 0 saturated carbocycles. The lowest BCUT2D eigenvalue weighted by molar-refractivity contribution is 0.0408. The minimum Gasteiger partial charge on any atom is -0.394 e. The van der Waals surface area contributed by atoms with Crippen molar-refractivity contribution in [3.05, 3.63) is 0 Å². The zero-order valence-electron chi connectivity index (χ0n) is 7.55. The average Bonchev–Trinajstić information content (AvgIpc) is 2.19. The molecule has 0 aliphatic heterocycles. The smallest absolute Gasteiger partial charge is 0.257 e. The Morgan fingerprint density at radius 2 is 1.64 bits per heavy atom. The van der Waals surface area contributed by atoms with E-state index in [-0.39, 0.29) is 13.2 Å². The van der Waals surface area contributed by atoms with Crippen molar-refractivity contribution in [2.24, 2.45) is 0 Å². The zero-order chi connectivity index (χ0) is 11.0. The molecule has 0 aliphatic rings. The SMILES string of the molecule is O=[SH](=O)OCCNC(CO)(CO)CO. The molecule has 4 N–H and O–H groups in total. The van der Waals surface area contributed by atoms with E-state index < -0.39 is 36.3 Å². The van der Waals surface area contributed by atoms with Gasteiger partial charge in [-0.3, -0.25) is 4.18 Å². The maximum atomic E-state index is 9.97. The van der Waals surface area contributed by atoms with Crippen LogP contribution in [0.5, 0.6) is 0 Å². The molecule has 0 saturated heterocycles. The maximum Gasteiger partial charge on any atom is 0.257 e. The highest BCUT2D eigenvalue weighted by atomic mass is 32.2. The van der Waals surface area contributed by atoms with Gasteiger partial charge in [0.05, 0.1) is 32.0 Å². The molecule has 0 spiro atoms. The van der Waals surface area contributed by atoms with Crippen molar-refractivity contribution in [3.8, 4) is 0 Å². The summed E-state index contributed by atoms with van der Waals surface area (Å²) >= 11 is 0. The molecule has 86 valence electrons. The Morgan fingerprint density at radius 1 is 1.14 bits per heavy atom. The first-order chi connectivity index (χ1) is 6.60. The number of aliphatic hydroxyl groups excluding tert-OH is 3. The molecule has 0 unspecified atom stereocenters. The molecule has 0 atom stereocenters. The van der Waals surface area contributed by atoms with Crippen LogP contribution in [0.15, 0.2) is 0 Å². The van der Waals surface area contributed by atoms with E-state index in [4.69, 9.17) is 15.3 Å². The lowest BCUT2D eigenvalue weighted by Crippen LogP contribution is -2.55. The Kier molecular flexibility index (Phi) is 6.97. The first-order valence-electron chi connectivity index (χ1n) is 3.95. The molecule has 0 amide bonds. The third kappa shape index (κ3) is 4.84. The summed E-state index contributed by atoms with van der Waals surface area (Å²) in [6, 6.07) is 0. The van der Waals surface area contributed by atoms with E-state index in [9.17, 15) is 8.42 Å². The highest BCUT2D eigenvalue weighted by molar-refractivity contribution is 7.67. The highest BCUT2D eigenvalue weighted by Crippen LogP contribution is 2.00. The summed E-state index contributed by atoms with van der Waals surface area (Å²) in [6.07, 6.45) is 0. The fourth-order valence-electron chi connectivity index (χ4n) is 0.754. The van der Waals surface area contributed by atoms with Crippen LogP contribution in [-0.2, 0) is 15.2 Å². The summed E-state index contributed by atoms with van der Waals surface area (Å²) in [4.78, 5) is 0. The van der Waals surface area contributed by atoms with Gasteiger partial charge in [0.25, 0.3) is 11.0 Å². The van der Waals surface area contributed by atoms with Gasteiger partial charge in [0.2, 0.25) is 0 Å². The standard InChI is InChI=1S/C6H15NO6S/c8-3-6(4-9,5-10)7-1-2-13-14(11)12/h7-10,14H,1-5H2. The number of hydrogen-bond acceptors (Lipinski definition) is 7. The molecule has 0 heterocycles.